The van der Waals surface area contributed by atoms with E-state index in [1.165, 1.54) is 11.5 Å². The Morgan fingerprint density at radius 1 is 1.28 bits per heavy atom. The van der Waals surface area contributed by atoms with Gasteiger partial charge in [-0.15, -0.1) is 0 Å². The lowest BCUT2D eigenvalue weighted by atomic mass is 10.1. The van der Waals surface area contributed by atoms with Gasteiger partial charge in [0.05, 0.1) is 30.0 Å². The number of fused-ring (bicyclic) bond motifs is 1. The van der Waals surface area contributed by atoms with Crippen molar-refractivity contribution in [1.29, 1.82) is 0 Å². The zero-order valence-corrected chi connectivity index (χ0v) is 17.1. The van der Waals surface area contributed by atoms with Crippen LogP contribution < -0.4 is 10.5 Å². The summed E-state index contributed by atoms with van der Waals surface area (Å²) in [6.45, 7) is 0.612. The van der Waals surface area contributed by atoms with Crippen LogP contribution in [0.2, 0.25) is 0 Å². The Balaban J connectivity index is 1.72. The molecule has 3 aromatic rings. The topological polar surface area (TPSA) is 67.2 Å². The molecule has 0 N–H and O–H groups in total. The van der Waals surface area contributed by atoms with E-state index in [0.29, 0.717) is 29.1 Å². The standard InChI is InChI=1S/C19H22F2N6OS/c1-25(2)19-23-16(24-29-19)11-26-9-5-8-14(26)17-22-13-7-4-3-6-12(13)18(28)27(17)10-15(20)21/h3-4,6-7,14-15H,5,8-11H2,1-2H3. The van der Waals surface area contributed by atoms with Gasteiger partial charge in [0.2, 0.25) is 5.13 Å². The lowest BCUT2D eigenvalue weighted by Crippen LogP contribution is -2.33. The summed E-state index contributed by atoms with van der Waals surface area (Å²) >= 11 is 1.32. The normalized spacial score (nSPS) is 17.5. The average Bonchev–Trinajstić information content (AvgIpc) is 3.34. The van der Waals surface area contributed by atoms with Gasteiger partial charge < -0.3 is 4.90 Å². The molecule has 1 aliphatic rings. The summed E-state index contributed by atoms with van der Waals surface area (Å²) in [5.74, 6) is 1.09. The van der Waals surface area contributed by atoms with Crippen molar-refractivity contribution in [3.63, 3.8) is 0 Å². The van der Waals surface area contributed by atoms with Crippen molar-refractivity contribution < 1.29 is 8.78 Å². The fourth-order valence-electron chi connectivity index (χ4n) is 3.73. The third kappa shape index (κ3) is 3.99. The number of benzene rings is 1. The first-order valence-electron chi connectivity index (χ1n) is 9.45. The highest BCUT2D eigenvalue weighted by Gasteiger charge is 2.32. The Morgan fingerprint density at radius 3 is 2.79 bits per heavy atom. The predicted molar refractivity (Wildman–Crippen MR) is 109 cm³/mol. The highest BCUT2D eigenvalue weighted by molar-refractivity contribution is 7.09. The highest BCUT2D eigenvalue weighted by atomic mass is 32.1. The molecule has 1 aliphatic heterocycles. The number of alkyl halides is 2. The number of anilines is 1. The zero-order valence-electron chi connectivity index (χ0n) is 16.3. The van der Waals surface area contributed by atoms with E-state index in [4.69, 9.17) is 0 Å². The smallest absolute Gasteiger partial charge is 0.261 e. The van der Waals surface area contributed by atoms with Crippen molar-refractivity contribution in [3.8, 4) is 0 Å². The second-order valence-corrected chi connectivity index (χ2v) is 8.04. The van der Waals surface area contributed by atoms with Crippen LogP contribution in [0, 0.1) is 0 Å². The van der Waals surface area contributed by atoms with Gasteiger partial charge in [-0.3, -0.25) is 14.3 Å². The molecule has 29 heavy (non-hydrogen) atoms. The summed E-state index contributed by atoms with van der Waals surface area (Å²) in [7, 11) is 3.82. The van der Waals surface area contributed by atoms with E-state index >= 15 is 0 Å². The molecular weight excluding hydrogens is 398 g/mol. The minimum Gasteiger partial charge on any atom is -0.353 e. The number of halogens is 2. The maximum Gasteiger partial charge on any atom is 0.261 e. The SMILES string of the molecule is CN(C)c1nc(CN2CCCC2c2nc3ccccc3c(=O)n2CC(F)F)ns1. The molecule has 7 nitrogen and oxygen atoms in total. The van der Waals surface area contributed by atoms with Crippen molar-refractivity contribution in [1.82, 2.24) is 23.8 Å². The number of hydrogen-bond donors (Lipinski definition) is 0. The Morgan fingerprint density at radius 2 is 2.07 bits per heavy atom. The van der Waals surface area contributed by atoms with Crippen LogP contribution >= 0.6 is 11.5 Å². The monoisotopic (exact) mass is 420 g/mol. The maximum absolute atomic E-state index is 13.3. The molecule has 2 aromatic heterocycles. The van der Waals surface area contributed by atoms with Gasteiger partial charge in [0.15, 0.2) is 5.82 Å². The molecule has 154 valence electrons. The van der Waals surface area contributed by atoms with Crippen LogP contribution in [-0.4, -0.2) is 50.9 Å². The van der Waals surface area contributed by atoms with E-state index in [2.05, 4.69) is 19.2 Å². The fraction of sp³-hybridized carbons (Fsp3) is 0.474. The molecule has 0 spiro atoms. The minimum absolute atomic E-state index is 0.225. The van der Waals surface area contributed by atoms with Crippen molar-refractivity contribution in [2.24, 2.45) is 0 Å². The van der Waals surface area contributed by atoms with E-state index in [1.54, 1.807) is 24.3 Å². The second kappa shape index (κ2) is 8.11. The van der Waals surface area contributed by atoms with Crippen LogP contribution in [0.15, 0.2) is 29.1 Å². The molecule has 0 amide bonds. The third-order valence-corrected chi connectivity index (χ3v) is 5.98. The van der Waals surface area contributed by atoms with Gasteiger partial charge in [-0.05, 0) is 31.5 Å². The second-order valence-electron chi connectivity index (χ2n) is 7.31. The van der Waals surface area contributed by atoms with Crippen molar-refractivity contribution in [2.45, 2.75) is 38.4 Å². The molecule has 1 atom stereocenters. The fourth-order valence-corrected chi connectivity index (χ4v) is 4.33. The Hall–Kier alpha value is -2.46. The largest absolute Gasteiger partial charge is 0.353 e. The first-order valence-corrected chi connectivity index (χ1v) is 10.2. The minimum atomic E-state index is -2.63. The lowest BCUT2D eigenvalue weighted by Gasteiger charge is -2.25. The van der Waals surface area contributed by atoms with Gasteiger partial charge >= 0.3 is 0 Å². The van der Waals surface area contributed by atoms with Crippen molar-refractivity contribution >= 4 is 27.6 Å². The van der Waals surface area contributed by atoms with E-state index in [1.807, 2.05) is 19.0 Å². The van der Waals surface area contributed by atoms with Gasteiger partial charge in [-0.25, -0.2) is 18.7 Å². The van der Waals surface area contributed by atoms with Gasteiger partial charge in [0.1, 0.15) is 5.82 Å². The van der Waals surface area contributed by atoms with Crippen molar-refractivity contribution in [2.75, 3.05) is 25.5 Å². The average molecular weight is 420 g/mol. The van der Waals surface area contributed by atoms with Crippen LogP contribution in [0.1, 0.15) is 30.5 Å². The number of rotatable bonds is 6. The zero-order chi connectivity index (χ0) is 20.5. The summed E-state index contributed by atoms with van der Waals surface area (Å²) in [5, 5.41) is 1.17. The maximum atomic E-state index is 13.3. The Bertz CT molecular complexity index is 1070. The number of hydrogen-bond acceptors (Lipinski definition) is 7. The first kappa shape index (κ1) is 19.8. The first-order chi connectivity index (χ1) is 13.9. The molecule has 1 saturated heterocycles. The molecule has 1 aromatic carbocycles. The molecule has 0 radical (unpaired) electrons. The van der Waals surface area contributed by atoms with Crippen LogP contribution in [0.3, 0.4) is 0 Å². The highest BCUT2D eigenvalue weighted by Crippen LogP contribution is 2.32. The van der Waals surface area contributed by atoms with E-state index in [-0.39, 0.29) is 6.04 Å². The molecule has 10 heteroatoms. The van der Waals surface area contributed by atoms with Crippen LogP contribution in [0.4, 0.5) is 13.9 Å². The van der Waals surface area contributed by atoms with Gasteiger partial charge in [0.25, 0.3) is 12.0 Å². The quantitative estimate of drug-likeness (QED) is 0.611. The lowest BCUT2D eigenvalue weighted by molar-refractivity contribution is 0.120. The van der Waals surface area contributed by atoms with Gasteiger partial charge in [-0.1, -0.05) is 12.1 Å². The number of aromatic nitrogens is 4. The third-order valence-electron chi connectivity index (χ3n) is 5.06. The predicted octanol–water partition coefficient (Wildman–Crippen LogP) is 2.92. The van der Waals surface area contributed by atoms with Crippen LogP contribution in [-0.2, 0) is 13.1 Å². The number of para-hydroxylation sites is 1. The van der Waals surface area contributed by atoms with E-state index in [0.717, 1.165) is 29.1 Å². The number of likely N-dealkylation sites (tertiary alicyclic amines) is 1. The molecular formula is C19H22F2N6OS. The van der Waals surface area contributed by atoms with E-state index in [9.17, 15) is 13.6 Å². The molecule has 1 unspecified atom stereocenters. The summed E-state index contributed by atoms with van der Waals surface area (Å²) in [6, 6.07) is 6.67. The summed E-state index contributed by atoms with van der Waals surface area (Å²) in [5.41, 5.74) is 0.117. The van der Waals surface area contributed by atoms with Crippen LogP contribution in [0.25, 0.3) is 10.9 Å². The Labute approximate surface area is 170 Å². The number of nitrogens with zero attached hydrogens (tertiary/aromatic N) is 6. The van der Waals surface area contributed by atoms with E-state index < -0.39 is 18.5 Å². The summed E-state index contributed by atoms with van der Waals surface area (Å²) < 4.78 is 32.1. The summed E-state index contributed by atoms with van der Waals surface area (Å²) in [6.07, 6.45) is -0.988. The molecule has 1 fully saturated rings. The molecule has 4 rings (SSSR count). The molecule has 0 bridgehead atoms. The molecule has 0 aliphatic carbocycles. The van der Waals surface area contributed by atoms with Crippen molar-refractivity contribution in [3.05, 3.63) is 46.3 Å². The summed E-state index contributed by atoms with van der Waals surface area (Å²) in [4.78, 5) is 26.1. The molecule has 3 heterocycles. The Kier molecular flexibility index (Phi) is 5.55. The molecule has 0 saturated carbocycles. The van der Waals surface area contributed by atoms with Gasteiger partial charge in [0, 0.05) is 25.6 Å². The van der Waals surface area contributed by atoms with Gasteiger partial charge in [-0.2, -0.15) is 4.37 Å². The van der Waals surface area contributed by atoms with Crippen LogP contribution in [0.5, 0.6) is 0 Å².